The van der Waals surface area contributed by atoms with Gasteiger partial charge in [-0.3, -0.25) is 9.59 Å². The normalized spacial score (nSPS) is 14.8. The molecular formula is C22H22N4O5S. The summed E-state index contributed by atoms with van der Waals surface area (Å²) in [6, 6.07) is 13.0. The second kappa shape index (κ2) is 9.03. The van der Waals surface area contributed by atoms with Gasteiger partial charge in [0, 0.05) is 36.2 Å². The van der Waals surface area contributed by atoms with E-state index in [1.165, 1.54) is 29.7 Å². The topological polar surface area (TPSA) is 111 Å². The Kier molecular flexibility index (Phi) is 6.17. The molecule has 0 unspecified atom stereocenters. The van der Waals surface area contributed by atoms with Crippen LogP contribution in [0, 0.1) is 0 Å². The van der Waals surface area contributed by atoms with E-state index in [0.29, 0.717) is 43.2 Å². The number of ether oxygens (including phenoxy) is 1. The molecule has 1 aliphatic heterocycles. The first-order valence-corrected chi connectivity index (χ1v) is 11.4. The minimum absolute atomic E-state index is 0.0506. The van der Waals surface area contributed by atoms with Crippen molar-refractivity contribution in [1.29, 1.82) is 0 Å². The van der Waals surface area contributed by atoms with Crippen molar-refractivity contribution in [3.63, 3.8) is 0 Å². The Bertz CT molecular complexity index is 1230. The van der Waals surface area contributed by atoms with Crippen molar-refractivity contribution in [2.45, 2.75) is 11.8 Å². The zero-order valence-electron chi connectivity index (χ0n) is 17.4. The molecule has 1 N–H and O–H groups in total. The summed E-state index contributed by atoms with van der Waals surface area (Å²) in [5.41, 5.74) is 1.98. The van der Waals surface area contributed by atoms with Gasteiger partial charge in [-0.1, -0.05) is 0 Å². The maximum atomic E-state index is 12.7. The highest BCUT2D eigenvalue weighted by Crippen LogP contribution is 2.19. The van der Waals surface area contributed by atoms with E-state index in [4.69, 9.17) is 4.74 Å². The van der Waals surface area contributed by atoms with Gasteiger partial charge in [-0.15, -0.1) is 0 Å². The maximum absolute atomic E-state index is 12.7. The predicted molar refractivity (Wildman–Crippen MR) is 118 cm³/mol. The van der Waals surface area contributed by atoms with Gasteiger partial charge in [0.05, 0.1) is 18.1 Å². The number of hydrogen-bond donors (Lipinski definition) is 1. The van der Waals surface area contributed by atoms with Crippen LogP contribution < -0.4 is 5.32 Å². The van der Waals surface area contributed by atoms with Crippen molar-refractivity contribution >= 4 is 27.4 Å². The molecule has 1 fully saturated rings. The molecule has 2 aromatic carbocycles. The average molecular weight is 455 g/mol. The molecule has 9 nitrogen and oxygen atoms in total. The number of Topliss-reactive ketones (excluding diaryl/α,β-unsaturated/α-hetero) is 1. The molecule has 1 amide bonds. The van der Waals surface area contributed by atoms with E-state index in [-0.39, 0.29) is 16.4 Å². The molecule has 32 heavy (non-hydrogen) atoms. The minimum Gasteiger partial charge on any atom is -0.379 e. The molecule has 1 saturated heterocycles. The quantitative estimate of drug-likeness (QED) is 0.573. The molecule has 10 heteroatoms. The van der Waals surface area contributed by atoms with Crippen LogP contribution in [-0.4, -0.2) is 60.3 Å². The third-order valence-electron chi connectivity index (χ3n) is 5.11. The third-order valence-corrected chi connectivity index (χ3v) is 7.02. The molecule has 0 bridgehead atoms. The van der Waals surface area contributed by atoms with E-state index >= 15 is 0 Å². The lowest BCUT2D eigenvalue weighted by Crippen LogP contribution is -2.40. The van der Waals surface area contributed by atoms with Gasteiger partial charge in [-0.2, -0.15) is 4.31 Å². The SMILES string of the molecule is CC(=O)c1ccc(NC(=O)c2cn(-c3ccc(S(=O)(=O)N4CCOCC4)cc3)cn2)cc1. The van der Waals surface area contributed by atoms with Crippen molar-refractivity contribution in [2.24, 2.45) is 0 Å². The molecule has 3 aromatic rings. The number of nitrogens with one attached hydrogen (secondary N) is 1. The van der Waals surface area contributed by atoms with Gasteiger partial charge in [0.2, 0.25) is 10.0 Å². The van der Waals surface area contributed by atoms with Crippen LogP contribution in [0.4, 0.5) is 5.69 Å². The van der Waals surface area contributed by atoms with Gasteiger partial charge in [0.25, 0.3) is 5.91 Å². The Balaban J connectivity index is 1.46. The number of carbonyl (C=O) groups is 2. The molecule has 166 valence electrons. The zero-order chi connectivity index (χ0) is 22.7. The molecule has 0 radical (unpaired) electrons. The lowest BCUT2D eigenvalue weighted by Gasteiger charge is -2.26. The lowest BCUT2D eigenvalue weighted by molar-refractivity contribution is 0.0730. The first kappa shape index (κ1) is 21.9. The van der Waals surface area contributed by atoms with E-state index < -0.39 is 15.9 Å². The number of nitrogens with zero attached hydrogens (tertiary/aromatic N) is 3. The van der Waals surface area contributed by atoms with E-state index in [1.807, 2.05) is 0 Å². The summed E-state index contributed by atoms with van der Waals surface area (Å²) in [5.74, 6) is -0.448. The second-order valence-electron chi connectivity index (χ2n) is 7.26. The monoisotopic (exact) mass is 454 g/mol. The highest BCUT2D eigenvalue weighted by Gasteiger charge is 2.26. The van der Waals surface area contributed by atoms with E-state index in [2.05, 4.69) is 10.3 Å². The fourth-order valence-corrected chi connectivity index (χ4v) is 4.70. The van der Waals surface area contributed by atoms with Crippen molar-refractivity contribution < 1.29 is 22.7 Å². The van der Waals surface area contributed by atoms with Crippen LogP contribution >= 0.6 is 0 Å². The van der Waals surface area contributed by atoms with Gasteiger partial charge < -0.3 is 14.6 Å². The van der Waals surface area contributed by atoms with Crippen LogP contribution in [0.1, 0.15) is 27.8 Å². The Morgan fingerprint density at radius 3 is 2.28 bits per heavy atom. The van der Waals surface area contributed by atoms with Crippen LogP contribution in [0.5, 0.6) is 0 Å². The van der Waals surface area contributed by atoms with E-state index in [1.54, 1.807) is 47.2 Å². The Hall–Kier alpha value is -3.34. The minimum atomic E-state index is -3.57. The maximum Gasteiger partial charge on any atom is 0.275 e. The van der Waals surface area contributed by atoms with Gasteiger partial charge in [0.15, 0.2) is 5.78 Å². The zero-order valence-corrected chi connectivity index (χ0v) is 18.2. The largest absolute Gasteiger partial charge is 0.379 e. The van der Waals surface area contributed by atoms with Crippen LogP contribution in [0.15, 0.2) is 66.0 Å². The van der Waals surface area contributed by atoms with Crippen molar-refractivity contribution in [3.05, 3.63) is 72.3 Å². The molecule has 4 rings (SSSR count). The molecular weight excluding hydrogens is 432 g/mol. The van der Waals surface area contributed by atoms with Crippen LogP contribution in [0.2, 0.25) is 0 Å². The van der Waals surface area contributed by atoms with Crippen LogP contribution in [0.25, 0.3) is 5.69 Å². The lowest BCUT2D eigenvalue weighted by atomic mass is 10.1. The number of benzene rings is 2. The number of hydrogen-bond acceptors (Lipinski definition) is 6. The number of morpholine rings is 1. The first-order chi connectivity index (χ1) is 15.3. The first-order valence-electron chi connectivity index (χ1n) is 9.99. The fourth-order valence-electron chi connectivity index (χ4n) is 3.29. The van der Waals surface area contributed by atoms with Crippen molar-refractivity contribution in [1.82, 2.24) is 13.9 Å². The molecule has 1 aromatic heterocycles. The highest BCUT2D eigenvalue weighted by atomic mass is 32.2. The van der Waals surface area contributed by atoms with E-state index in [0.717, 1.165) is 0 Å². The standard InChI is InChI=1S/C22H22N4O5S/c1-16(27)17-2-4-18(5-3-17)24-22(28)21-14-25(15-23-21)19-6-8-20(9-7-19)32(29,30)26-10-12-31-13-11-26/h2-9,14-15H,10-13H2,1H3,(H,24,28). The third kappa shape index (κ3) is 4.62. The number of imidazole rings is 1. The Morgan fingerprint density at radius 2 is 1.66 bits per heavy atom. The molecule has 1 aliphatic rings. The summed E-state index contributed by atoms with van der Waals surface area (Å²) in [5, 5.41) is 2.73. The summed E-state index contributed by atoms with van der Waals surface area (Å²) in [6.07, 6.45) is 3.05. The molecule has 0 saturated carbocycles. The summed E-state index contributed by atoms with van der Waals surface area (Å²) >= 11 is 0. The van der Waals surface area contributed by atoms with Crippen molar-refractivity contribution in [2.75, 3.05) is 31.6 Å². The molecule has 0 atom stereocenters. The predicted octanol–water partition coefficient (Wildman–Crippen LogP) is 2.35. The summed E-state index contributed by atoms with van der Waals surface area (Å²) in [7, 11) is -3.57. The number of amides is 1. The number of anilines is 1. The number of sulfonamides is 1. The molecule has 0 spiro atoms. The fraction of sp³-hybridized carbons (Fsp3) is 0.227. The number of carbonyl (C=O) groups excluding carboxylic acids is 2. The van der Waals surface area contributed by atoms with Gasteiger partial charge in [-0.25, -0.2) is 13.4 Å². The average Bonchev–Trinajstić information content (AvgIpc) is 3.31. The molecule has 0 aliphatic carbocycles. The van der Waals surface area contributed by atoms with E-state index in [9.17, 15) is 18.0 Å². The van der Waals surface area contributed by atoms with Crippen LogP contribution in [-0.2, 0) is 14.8 Å². The molecule has 2 heterocycles. The second-order valence-corrected chi connectivity index (χ2v) is 9.20. The van der Waals surface area contributed by atoms with Gasteiger partial charge in [0.1, 0.15) is 12.0 Å². The number of ketones is 1. The smallest absolute Gasteiger partial charge is 0.275 e. The van der Waals surface area contributed by atoms with Crippen LogP contribution in [0.3, 0.4) is 0 Å². The Morgan fingerprint density at radius 1 is 1.00 bits per heavy atom. The summed E-state index contributed by atoms with van der Waals surface area (Å²) < 4.78 is 33.7. The number of aromatic nitrogens is 2. The summed E-state index contributed by atoms with van der Waals surface area (Å²) in [4.78, 5) is 28.2. The van der Waals surface area contributed by atoms with Gasteiger partial charge >= 0.3 is 0 Å². The summed E-state index contributed by atoms with van der Waals surface area (Å²) in [6.45, 7) is 2.92. The number of rotatable bonds is 6. The van der Waals surface area contributed by atoms with Crippen molar-refractivity contribution in [3.8, 4) is 5.69 Å². The highest BCUT2D eigenvalue weighted by molar-refractivity contribution is 7.89. The Labute approximate surface area is 185 Å². The van der Waals surface area contributed by atoms with Gasteiger partial charge in [-0.05, 0) is 55.5 Å².